The summed E-state index contributed by atoms with van der Waals surface area (Å²) in [5.41, 5.74) is 0.924. The third-order valence-corrected chi connectivity index (χ3v) is 2.70. The first-order chi connectivity index (χ1) is 6.19. The first kappa shape index (κ1) is 10.3. The number of rotatable bonds is 2. The number of nitrogens with zero attached hydrogens (tertiary/aromatic N) is 2. The highest BCUT2D eigenvalue weighted by Gasteiger charge is 2.26. The van der Waals surface area contributed by atoms with Gasteiger partial charge in [0.15, 0.2) is 0 Å². The molecule has 0 aliphatic carbocycles. The predicted molar refractivity (Wildman–Crippen MR) is 54.2 cm³/mol. The molecule has 1 fully saturated rings. The van der Waals surface area contributed by atoms with E-state index in [0.717, 1.165) is 25.2 Å². The third kappa shape index (κ3) is 2.31. The van der Waals surface area contributed by atoms with Gasteiger partial charge in [0.1, 0.15) is 0 Å². The zero-order valence-electron chi connectivity index (χ0n) is 8.40. The monoisotopic (exact) mass is 182 g/mol. The summed E-state index contributed by atoms with van der Waals surface area (Å²) in [6.45, 7) is 9.87. The lowest BCUT2D eigenvalue weighted by Crippen LogP contribution is -2.45. The van der Waals surface area contributed by atoms with Crippen molar-refractivity contribution < 1.29 is 5.21 Å². The molecule has 0 unspecified atom stereocenters. The maximum absolute atomic E-state index is 8.74. The number of piperidine rings is 1. The first-order valence-corrected chi connectivity index (χ1v) is 4.74. The summed E-state index contributed by atoms with van der Waals surface area (Å²) in [5.74, 6) is 0.362. The van der Waals surface area contributed by atoms with Gasteiger partial charge in [0.2, 0.25) is 0 Å². The molecule has 1 heterocycles. The molecule has 1 saturated heterocycles. The summed E-state index contributed by atoms with van der Waals surface area (Å²) < 4.78 is 0. The zero-order valence-corrected chi connectivity index (χ0v) is 8.40. The van der Waals surface area contributed by atoms with E-state index in [1.165, 1.54) is 0 Å². The molecule has 74 valence electrons. The Morgan fingerprint density at radius 1 is 1.69 bits per heavy atom. The van der Waals surface area contributed by atoms with E-state index in [-0.39, 0.29) is 0 Å². The van der Waals surface area contributed by atoms with Crippen LogP contribution < -0.4 is 0 Å². The van der Waals surface area contributed by atoms with Crippen LogP contribution in [0.3, 0.4) is 0 Å². The molecule has 0 aromatic heterocycles. The van der Waals surface area contributed by atoms with Crippen LogP contribution in [0.4, 0.5) is 0 Å². The van der Waals surface area contributed by atoms with Gasteiger partial charge in [0.25, 0.3) is 0 Å². The molecule has 0 saturated carbocycles. The Balaban J connectivity index is 2.61. The Bertz CT molecular complexity index is 213. The van der Waals surface area contributed by atoms with Crippen LogP contribution in [0, 0.1) is 5.92 Å². The molecule has 1 aliphatic rings. The van der Waals surface area contributed by atoms with Crippen molar-refractivity contribution in [1.82, 2.24) is 4.90 Å². The Morgan fingerprint density at radius 2 is 2.38 bits per heavy atom. The van der Waals surface area contributed by atoms with Crippen LogP contribution in [0.1, 0.15) is 20.3 Å². The molecule has 13 heavy (non-hydrogen) atoms. The number of hydrogen-bond acceptors (Lipinski definition) is 3. The first-order valence-electron chi connectivity index (χ1n) is 4.74. The summed E-state index contributed by atoms with van der Waals surface area (Å²) in [4.78, 5) is 2.35. The van der Waals surface area contributed by atoms with Crippen LogP contribution in [-0.4, -0.2) is 35.0 Å². The molecule has 0 radical (unpaired) electrons. The van der Waals surface area contributed by atoms with Crippen LogP contribution in [-0.2, 0) is 0 Å². The van der Waals surface area contributed by atoms with Gasteiger partial charge >= 0.3 is 0 Å². The fraction of sp³-hybridized carbons (Fsp3) is 0.700. The van der Waals surface area contributed by atoms with E-state index in [4.69, 9.17) is 5.21 Å². The number of likely N-dealkylation sites (tertiary alicyclic amines) is 1. The summed E-state index contributed by atoms with van der Waals surface area (Å²) in [5, 5.41) is 12.1. The molecule has 0 bridgehead atoms. The summed E-state index contributed by atoms with van der Waals surface area (Å²) in [6.07, 6.45) is 2.79. The lowest BCUT2D eigenvalue weighted by molar-refractivity contribution is 0.195. The normalized spacial score (nSPS) is 33.5. The van der Waals surface area contributed by atoms with E-state index >= 15 is 0 Å². The average Bonchev–Trinajstić information content (AvgIpc) is 2.11. The maximum atomic E-state index is 8.74. The molecule has 0 aromatic carbocycles. The molecule has 3 nitrogen and oxygen atoms in total. The molecule has 0 aromatic rings. The van der Waals surface area contributed by atoms with Gasteiger partial charge in [-0.15, -0.1) is 6.58 Å². The lowest BCUT2D eigenvalue weighted by atomic mass is 9.93. The highest BCUT2D eigenvalue weighted by Crippen LogP contribution is 2.19. The predicted octanol–water partition coefficient (Wildman–Crippen LogP) is 1.73. The van der Waals surface area contributed by atoms with Crippen molar-refractivity contribution in [3.05, 3.63) is 12.7 Å². The highest BCUT2D eigenvalue weighted by molar-refractivity contribution is 5.87. The minimum absolute atomic E-state index is 0.362. The van der Waals surface area contributed by atoms with Crippen molar-refractivity contribution >= 4 is 5.71 Å². The van der Waals surface area contributed by atoms with Crippen molar-refractivity contribution in [2.75, 3.05) is 13.1 Å². The van der Waals surface area contributed by atoms with Gasteiger partial charge < -0.3 is 5.21 Å². The second-order valence-corrected chi connectivity index (χ2v) is 3.79. The smallest absolute Gasteiger partial charge is 0.0627 e. The van der Waals surface area contributed by atoms with E-state index in [2.05, 4.69) is 30.5 Å². The number of hydrogen-bond donors (Lipinski definition) is 1. The summed E-state index contributed by atoms with van der Waals surface area (Å²) >= 11 is 0. The van der Waals surface area contributed by atoms with Gasteiger partial charge in [-0.3, -0.25) is 4.90 Å². The molecular formula is C10H18N2O. The van der Waals surface area contributed by atoms with E-state index in [0.29, 0.717) is 12.0 Å². The summed E-state index contributed by atoms with van der Waals surface area (Å²) in [7, 11) is 0. The van der Waals surface area contributed by atoms with Gasteiger partial charge in [-0.2, -0.15) is 0 Å². The third-order valence-electron chi connectivity index (χ3n) is 2.70. The van der Waals surface area contributed by atoms with Gasteiger partial charge in [-0.25, -0.2) is 0 Å². The van der Waals surface area contributed by atoms with Gasteiger partial charge in [-0.05, 0) is 6.92 Å². The number of oxime groups is 1. The van der Waals surface area contributed by atoms with E-state index < -0.39 is 0 Å². The van der Waals surface area contributed by atoms with Crippen molar-refractivity contribution in [2.24, 2.45) is 11.1 Å². The van der Waals surface area contributed by atoms with Crippen molar-refractivity contribution in [2.45, 2.75) is 26.3 Å². The Labute approximate surface area is 79.7 Å². The quantitative estimate of drug-likeness (QED) is 0.401. The van der Waals surface area contributed by atoms with Crippen LogP contribution in [0.5, 0.6) is 0 Å². The minimum Gasteiger partial charge on any atom is -0.411 e. The second kappa shape index (κ2) is 4.42. The molecule has 1 rings (SSSR count). The highest BCUT2D eigenvalue weighted by atomic mass is 16.4. The molecular weight excluding hydrogens is 164 g/mol. The van der Waals surface area contributed by atoms with E-state index in [1.54, 1.807) is 0 Å². The van der Waals surface area contributed by atoms with E-state index in [1.807, 2.05) is 6.08 Å². The molecule has 3 heteroatoms. The lowest BCUT2D eigenvalue weighted by Gasteiger charge is -2.36. The molecule has 0 amide bonds. The minimum atomic E-state index is 0.362. The fourth-order valence-corrected chi connectivity index (χ4v) is 1.83. The zero-order chi connectivity index (χ0) is 9.84. The van der Waals surface area contributed by atoms with Crippen molar-refractivity contribution in [3.8, 4) is 0 Å². The Kier molecular flexibility index (Phi) is 3.48. The topological polar surface area (TPSA) is 35.8 Å². The van der Waals surface area contributed by atoms with Gasteiger partial charge in [-0.1, -0.05) is 18.2 Å². The van der Waals surface area contributed by atoms with Crippen molar-refractivity contribution in [1.29, 1.82) is 0 Å². The van der Waals surface area contributed by atoms with Crippen LogP contribution in [0.25, 0.3) is 0 Å². The van der Waals surface area contributed by atoms with E-state index in [9.17, 15) is 0 Å². The maximum Gasteiger partial charge on any atom is 0.0627 e. The van der Waals surface area contributed by atoms with Crippen LogP contribution in [0.2, 0.25) is 0 Å². The van der Waals surface area contributed by atoms with Gasteiger partial charge in [0.05, 0.1) is 5.71 Å². The Hall–Kier alpha value is -0.830. The standard InChI is InChI=1S/C10H18N2O/c1-4-5-12-7-8(2)10(11-13)6-9(12)3/h4,8-9,13H,1,5-7H2,2-3H3/b11-10+/t8-,9-/m0/s1. The SMILES string of the molecule is C=CCN1C[C@H](C)/C(=N/O)C[C@@H]1C. The second-order valence-electron chi connectivity index (χ2n) is 3.79. The van der Waals surface area contributed by atoms with Crippen LogP contribution >= 0.6 is 0 Å². The Morgan fingerprint density at radius 3 is 2.92 bits per heavy atom. The largest absolute Gasteiger partial charge is 0.411 e. The van der Waals surface area contributed by atoms with Gasteiger partial charge in [0, 0.05) is 31.5 Å². The molecule has 0 spiro atoms. The van der Waals surface area contributed by atoms with Crippen molar-refractivity contribution in [3.63, 3.8) is 0 Å². The van der Waals surface area contributed by atoms with Crippen LogP contribution in [0.15, 0.2) is 17.8 Å². The average molecular weight is 182 g/mol. The molecule has 1 aliphatic heterocycles. The molecule has 2 atom stereocenters. The fourth-order valence-electron chi connectivity index (χ4n) is 1.83. The summed E-state index contributed by atoms with van der Waals surface area (Å²) in [6, 6.07) is 0.458. The molecule has 1 N–H and O–H groups in total.